The van der Waals surface area contributed by atoms with E-state index in [9.17, 15) is 24.3 Å². The smallest absolute Gasteiger partial charge is 0.326 e. The Bertz CT molecular complexity index is 1100. The first-order chi connectivity index (χ1) is 15.7. The highest BCUT2D eigenvalue weighted by Crippen LogP contribution is 2.25. The number of aliphatic carboxylic acids is 2. The van der Waals surface area contributed by atoms with Gasteiger partial charge in [-0.25, -0.2) is 4.79 Å². The number of H-pyrrole nitrogens is 1. The van der Waals surface area contributed by atoms with Gasteiger partial charge >= 0.3 is 11.9 Å². The Hall–Kier alpha value is -4.29. The highest BCUT2D eigenvalue weighted by atomic mass is 16.4. The zero-order chi connectivity index (χ0) is 24.1. The molecular formula is C20H25N7O6. The number of aromatic nitrogens is 2. The first-order valence-corrected chi connectivity index (χ1v) is 10.1. The Labute approximate surface area is 188 Å². The van der Waals surface area contributed by atoms with E-state index in [-0.39, 0.29) is 36.0 Å². The number of nitrogens with two attached hydrogens (primary N) is 1. The minimum atomic E-state index is -1.30. The monoisotopic (exact) mass is 459 g/mol. The number of nitrogen functional groups attached to an aromatic ring is 1. The van der Waals surface area contributed by atoms with Gasteiger partial charge in [0.05, 0.1) is 6.04 Å². The first-order valence-electron chi connectivity index (χ1n) is 10.1. The maximum absolute atomic E-state index is 12.3. The zero-order valence-electron chi connectivity index (χ0n) is 17.8. The summed E-state index contributed by atoms with van der Waals surface area (Å²) in [5, 5.41) is 26.6. The summed E-state index contributed by atoms with van der Waals surface area (Å²) in [6, 6.07) is 5.03. The molecule has 0 spiro atoms. The number of hydrogen-bond acceptors (Lipinski definition) is 9. The Morgan fingerprint density at radius 3 is 2.61 bits per heavy atom. The first kappa shape index (κ1) is 23.4. The van der Waals surface area contributed by atoms with Gasteiger partial charge in [0.1, 0.15) is 11.7 Å². The molecule has 3 rings (SSSR count). The van der Waals surface area contributed by atoms with Crippen LogP contribution in [0.15, 0.2) is 29.1 Å². The molecule has 0 saturated heterocycles. The Balaban J connectivity index is 1.58. The molecule has 13 nitrogen and oxygen atoms in total. The van der Waals surface area contributed by atoms with Gasteiger partial charge in [0.25, 0.3) is 11.5 Å². The van der Waals surface area contributed by atoms with E-state index < -0.39 is 23.9 Å². The van der Waals surface area contributed by atoms with Crippen LogP contribution >= 0.6 is 0 Å². The predicted octanol–water partition coefficient (Wildman–Crippen LogP) is -0.258. The van der Waals surface area contributed by atoms with Crippen LogP contribution in [0.1, 0.15) is 23.2 Å². The molecule has 1 amide bonds. The number of hydrogen-bond donors (Lipinski definition) is 7. The number of rotatable bonds is 9. The number of fused-ring (bicyclic) bond motifs is 1. The third-order valence-electron chi connectivity index (χ3n) is 5.26. The number of benzene rings is 1. The lowest BCUT2D eigenvalue weighted by molar-refractivity contribution is -0.140. The van der Waals surface area contributed by atoms with E-state index in [1.165, 1.54) is 12.1 Å². The number of carboxylic acid groups (broad SMARTS) is 2. The number of carbonyl (C=O) groups is 3. The fourth-order valence-electron chi connectivity index (χ4n) is 3.42. The molecule has 0 saturated carbocycles. The molecule has 0 fully saturated rings. The summed E-state index contributed by atoms with van der Waals surface area (Å²) in [5.41, 5.74) is 6.59. The molecule has 0 aliphatic carbocycles. The van der Waals surface area contributed by atoms with Gasteiger partial charge in [-0.1, -0.05) is 0 Å². The number of carbonyl (C=O) groups excluding carboxylic acids is 1. The van der Waals surface area contributed by atoms with Crippen molar-refractivity contribution in [2.75, 3.05) is 41.4 Å². The molecule has 1 aromatic carbocycles. The minimum absolute atomic E-state index is 0.0388. The van der Waals surface area contributed by atoms with Gasteiger partial charge in [0, 0.05) is 37.8 Å². The van der Waals surface area contributed by atoms with Crippen LogP contribution in [-0.4, -0.2) is 70.2 Å². The lowest BCUT2D eigenvalue weighted by Crippen LogP contribution is -2.48. The van der Waals surface area contributed by atoms with Crippen molar-refractivity contribution < 1.29 is 24.6 Å². The maximum Gasteiger partial charge on any atom is 0.326 e. The van der Waals surface area contributed by atoms with E-state index in [2.05, 4.69) is 25.9 Å². The van der Waals surface area contributed by atoms with Crippen molar-refractivity contribution in [3.05, 3.63) is 40.2 Å². The van der Waals surface area contributed by atoms with E-state index >= 15 is 0 Å². The van der Waals surface area contributed by atoms with E-state index in [4.69, 9.17) is 10.8 Å². The van der Waals surface area contributed by atoms with E-state index in [0.29, 0.717) is 24.6 Å². The van der Waals surface area contributed by atoms with Crippen LogP contribution < -0.4 is 32.1 Å². The number of nitrogens with one attached hydrogen (secondary N) is 4. The van der Waals surface area contributed by atoms with Crippen molar-refractivity contribution in [1.29, 1.82) is 0 Å². The van der Waals surface area contributed by atoms with Gasteiger partial charge in [0.2, 0.25) is 5.95 Å². The number of nitrogens with zero attached hydrogens (tertiary/aromatic N) is 2. The largest absolute Gasteiger partial charge is 0.481 e. The molecule has 1 aliphatic heterocycles. The van der Waals surface area contributed by atoms with Crippen LogP contribution in [0.2, 0.25) is 0 Å². The zero-order valence-corrected chi connectivity index (χ0v) is 17.8. The summed E-state index contributed by atoms with van der Waals surface area (Å²) in [6.07, 6.45) is -0.586. The SMILES string of the molecule is CN1c2c(nc(N)[nH]c2=O)NCC1CNc1ccc(C(=O)N[C@H](CCC(=O)O)C(=O)O)cc1. The van der Waals surface area contributed by atoms with Gasteiger partial charge in [-0.3, -0.25) is 19.4 Å². The van der Waals surface area contributed by atoms with Crippen molar-refractivity contribution in [1.82, 2.24) is 15.3 Å². The van der Waals surface area contributed by atoms with E-state index in [0.717, 1.165) is 5.69 Å². The van der Waals surface area contributed by atoms with Gasteiger partial charge in [0.15, 0.2) is 5.82 Å². The summed E-state index contributed by atoms with van der Waals surface area (Å²) in [6.45, 7) is 1.01. The molecular weight excluding hydrogens is 434 g/mol. The highest BCUT2D eigenvalue weighted by molar-refractivity contribution is 5.96. The Morgan fingerprint density at radius 1 is 1.27 bits per heavy atom. The quantitative estimate of drug-likeness (QED) is 0.260. The standard InChI is InChI=1S/C20H25N7O6/c1-27-12(9-23-16-15(27)18(31)26-20(21)25-16)8-22-11-4-2-10(3-5-11)17(30)24-13(19(32)33)6-7-14(28)29/h2-5,12-13,22H,6-9H2,1H3,(H,24,30)(H,28,29)(H,32,33)(H4,21,23,25,26,31)/t12?,13-/m1/s1. The molecule has 33 heavy (non-hydrogen) atoms. The van der Waals surface area contributed by atoms with Crippen LogP contribution in [0.25, 0.3) is 0 Å². The summed E-state index contributed by atoms with van der Waals surface area (Å²) < 4.78 is 0. The molecule has 0 radical (unpaired) electrons. The summed E-state index contributed by atoms with van der Waals surface area (Å²) in [4.78, 5) is 54.9. The van der Waals surface area contributed by atoms with Gasteiger partial charge in [-0.2, -0.15) is 4.98 Å². The second-order valence-electron chi connectivity index (χ2n) is 7.55. The highest BCUT2D eigenvalue weighted by Gasteiger charge is 2.27. The van der Waals surface area contributed by atoms with Crippen molar-refractivity contribution in [3.63, 3.8) is 0 Å². The molecule has 1 unspecified atom stereocenters. The van der Waals surface area contributed by atoms with Crippen molar-refractivity contribution >= 4 is 41.0 Å². The lowest BCUT2D eigenvalue weighted by Gasteiger charge is -2.35. The van der Waals surface area contributed by atoms with Crippen LogP contribution in [0, 0.1) is 0 Å². The second-order valence-corrected chi connectivity index (χ2v) is 7.55. The molecule has 1 aromatic heterocycles. The fourth-order valence-corrected chi connectivity index (χ4v) is 3.42. The average molecular weight is 459 g/mol. The molecule has 2 atom stereocenters. The fraction of sp³-hybridized carbons (Fsp3) is 0.350. The predicted molar refractivity (Wildman–Crippen MR) is 121 cm³/mol. The third kappa shape index (κ3) is 5.70. The van der Waals surface area contributed by atoms with Crippen LogP contribution in [-0.2, 0) is 9.59 Å². The molecule has 2 heterocycles. The van der Waals surface area contributed by atoms with Gasteiger partial charge < -0.3 is 36.8 Å². The average Bonchev–Trinajstić information content (AvgIpc) is 2.75. The molecule has 1 aliphatic rings. The maximum atomic E-state index is 12.3. The minimum Gasteiger partial charge on any atom is -0.481 e. The molecule has 13 heteroatoms. The molecule has 8 N–H and O–H groups in total. The van der Waals surface area contributed by atoms with Crippen molar-refractivity contribution in [3.8, 4) is 0 Å². The normalized spacial score (nSPS) is 15.7. The summed E-state index contributed by atoms with van der Waals surface area (Å²) >= 11 is 0. The summed E-state index contributed by atoms with van der Waals surface area (Å²) in [5.74, 6) is -2.59. The van der Waals surface area contributed by atoms with E-state index in [1.807, 2.05) is 4.90 Å². The lowest BCUT2D eigenvalue weighted by atomic mass is 10.1. The Kier molecular flexibility index (Phi) is 7.00. The molecule has 2 aromatic rings. The molecule has 0 bridgehead atoms. The Morgan fingerprint density at radius 2 is 1.97 bits per heavy atom. The van der Waals surface area contributed by atoms with Crippen LogP contribution in [0.4, 0.5) is 23.1 Å². The van der Waals surface area contributed by atoms with Gasteiger partial charge in [-0.05, 0) is 30.7 Å². The number of carboxylic acids is 2. The number of likely N-dealkylation sites (N-methyl/N-ethyl adjacent to an activating group) is 1. The topological polar surface area (TPSA) is 203 Å². The number of anilines is 4. The van der Waals surface area contributed by atoms with Crippen molar-refractivity contribution in [2.24, 2.45) is 0 Å². The van der Waals surface area contributed by atoms with Crippen LogP contribution in [0.5, 0.6) is 0 Å². The van der Waals surface area contributed by atoms with Gasteiger partial charge in [-0.15, -0.1) is 0 Å². The van der Waals surface area contributed by atoms with Crippen LogP contribution in [0.3, 0.4) is 0 Å². The second kappa shape index (κ2) is 9.89. The van der Waals surface area contributed by atoms with Crippen molar-refractivity contribution in [2.45, 2.75) is 24.9 Å². The summed E-state index contributed by atoms with van der Waals surface area (Å²) in [7, 11) is 1.79. The van der Waals surface area contributed by atoms with E-state index in [1.54, 1.807) is 19.2 Å². The number of amides is 1. The molecule has 176 valence electrons. The number of aromatic amines is 1. The third-order valence-corrected chi connectivity index (χ3v) is 5.26.